The summed E-state index contributed by atoms with van der Waals surface area (Å²) in [6, 6.07) is 9.45. The minimum Gasteiger partial charge on any atom is -0.465 e. The van der Waals surface area contributed by atoms with Crippen LogP contribution in [0.15, 0.2) is 34.9 Å². The molecule has 0 amide bonds. The first-order valence-electron chi connectivity index (χ1n) is 6.77. The van der Waals surface area contributed by atoms with E-state index in [0.29, 0.717) is 43.4 Å². The van der Waals surface area contributed by atoms with Gasteiger partial charge in [0, 0.05) is 18.7 Å². The highest BCUT2D eigenvalue weighted by molar-refractivity contribution is 6.00. The summed E-state index contributed by atoms with van der Waals surface area (Å²) in [5, 5.41) is 4.07. The second-order valence-electron chi connectivity index (χ2n) is 4.67. The maximum absolute atomic E-state index is 12.2. The van der Waals surface area contributed by atoms with Gasteiger partial charge in [0.05, 0.1) is 20.3 Å². The van der Waals surface area contributed by atoms with Gasteiger partial charge in [0.2, 0.25) is 5.88 Å². The molecule has 1 aliphatic heterocycles. The average Bonchev–Trinajstić information content (AvgIpc) is 3.00. The number of anilines is 1. The Balaban J connectivity index is 2.05. The average molecular weight is 288 g/mol. The van der Waals surface area contributed by atoms with Crippen molar-refractivity contribution in [2.75, 3.05) is 38.3 Å². The number of nitrogens with zero attached hydrogens (tertiary/aromatic N) is 2. The van der Waals surface area contributed by atoms with E-state index in [2.05, 4.69) is 5.16 Å². The number of carbonyl (C=O) groups is 1. The van der Waals surface area contributed by atoms with Crippen LogP contribution in [0.3, 0.4) is 0 Å². The lowest BCUT2D eigenvalue weighted by atomic mass is 10.1. The van der Waals surface area contributed by atoms with Gasteiger partial charge < -0.3 is 18.9 Å². The predicted octanol–water partition coefficient (Wildman–Crippen LogP) is 1.96. The molecule has 2 heterocycles. The molecule has 0 spiro atoms. The van der Waals surface area contributed by atoms with E-state index in [0.717, 1.165) is 5.56 Å². The summed E-state index contributed by atoms with van der Waals surface area (Å²) in [7, 11) is 1.35. The van der Waals surface area contributed by atoms with Crippen LogP contribution in [0.2, 0.25) is 0 Å². The summed E-state index contributed by atoms with van der Waals surface area (Å²) >= 11 is 0. The zero-order chi connectivity index (χ0) is 14.7. The van der Waals surface area contributed by atoms with Crippen molar-refractivity contribution in [1.82, 2.24) is 5.16 Å². The monoisotopic (exact) mass is 288 g/mol. The van der Waals surface area contributed by atoms with Crippen LogP contribution >= 0.6 is 0 Å². The molecule has 21 heavy (non-hydrogen) atoms. The van der Waals surface area contributed by atoms with Gasteiger partial charge in [-0.2, -0.15) is 0 Å². The second-order valence-corrected chi connectivity index (χ2v) is 4.67. The van der Waals surface area contributed by atoms with Gasteiger partial charge in [0.15, 0.2) is 5.56 Å². The van der Waals surface area contributed by atoms with Crippen LogP contribution in [0, 0.1) is 0 Å². The van der Waals surface area contributed by atoms with Gasteiger partial charge in [-0.15, -0.1) is 0 Å². The molecule has 0 atom stereocenters. The highest BCUT2D eigenvalue weighted by atomic mass is 16.5. The molecule has 0 aliphatic carbocycles. The summed E-state index contributed by atoms with van der Waals surface area (Å²) in [4.78, 5) is 14.1. The van der Waals surface area contributed by atoms with Gasteiger partial charge in [0.1, 0.15) is 5.69 Å². The molecule has 1 aromatic heterocycles. The minimum absolute atomic E-state index is 0.366. The van der Waals surface area contributed by atoms with Gasteiger partial charge in [-0.25, -0.2) is 4.79 Å². The highest BCUT2D eigenvalue weighted by Gasteiger charge is 2.29. The van der Waals surface area contributed by atoms with Crippen LogP contribution < -0.4 is 4.90 Å². The Morgan fingerprint density at radius 1 is 1.24 bits per heavy atom. The van der Waals surface area contributed by atoms with Gasteiger partial charge in [-0.05, 0) is 0 Å². The standard InChI is InChI=1S/C15H16N2O4/c1-19-15(18)12-13(11-5-3-2-4-6-11)16-21-14(12)17-7-9-20-10-8-17/h2-6H,7-10H2,1H3. The van der Waals surface area contributed by atoms with Crippen LogP contribution in [-0.4, -0.2) is 44.5 Å². The lowest BCUT2D eigenvalue weighted by Crippen LogP contribution is -2.36. The van der Waals surface area contributed by atoms with Gasteiger partial charge in [0.25, 0.3) is 0 Å². The summed E-state index contributed by atoms with van der Waals surface area (Å²) in [6.07, 6.45) is 0. The summed E-state index contributed by atoms with van der Waals surface area (Å²) < 4.78 is 15.6. The lowest BCUT2D eigenvalue weighted by Gasteiger charge is -2.26. The highest BCUT2D eigenvalue weighted by Crippen LogP contribution is 2.32. The number of benzene rings is 1. The van der Waals surface area contributed by atoms with Crippen LogP contribution in [0.4, 0.5) is 5.88 Å². The van der Waals surface area contributed by atoms with E-state index in [1.807, 2.05) is 35.2 Å². The molecule has 0 radical (unpaired) electrons. The SMILES string of the molecule is COC(=O)c1c(-c2ccccc2)noc1N1CCOCC1. The van der Waals surface area contributed by atoms with Crippen molar-refractivity contribution in [3.63, 3.8) is 0 Å². The van der Waals surface area contributed by atoms with Crippen molar-refractivity contribution in [3.8, 4) is 11.3 Å². The van der Waals surface area contributed by atoms with E-state index < -0.39 is 5.97 Å². The molecule has 0 N–H and O–H groups in total. The fourth-order valence-electron chi connectivity index (χ4n) is 2.34. The first kappa shape index (κ1) is 13.6. The Labute approximate surface area is 122 Å². The first-order valence-corrected chi connectivity index (χ1v) is 6.77. The Hall–Kier alpha value is -2.34. The number of carbonyl (C=O) groups excluding carboxylic acids is 1. The molecule has 0 saturated carbocycles. The van der Waals surface area contributed by atoms with Crippen molar-refractivity contribution in [2.24, 2.45) is 0 Å². The third-order valence-electron chi connectivity index (χ3n) is 3.41. The number of aromatic nitrogens is 1. The fraction of sp³-hybridized carbons (Fsp3) is 0.333. The lowest BCUT2D eigenvalue weighted by molar-refractivity contribution is 0.0600. The Bertz CT molecular complexity index is 618. The van der Waals surface area contributed by atoms with E-state index in [4.69, 9.17) is 14.0 Å². The largest absolute Gasteiger partial charge is 0.465 e. The molecule has 0 unspecified atom stereocenters. The number of methoxy groups -OCH3 is 1. The van der Waals surface area contributed by atoms with Gasteiger partial charge in [-0.1, -0.05) is 35.5 Å². The van der Waals surface area contributed by atoms with Gasteiger partial charge >= 0.3 is 5.97 Å². The molecule has 6 heteroatoms. The maximum Gasteiger partial charge on any atom is 0.345 e. The van der Waals surface area contributed by atoms with E-state index in [-0.39, 0.29) is 0 Å². The van der Waals surface area contributed by atoms with Crippen molar-refractivity contribution in [2.45, 2.75) is 0 Å². The van der Waals surface area contributed by atoms with Crippen molar-refractivity contribution < 1.29 is 18.8 Å². The van der Waals surface area contributed by atoms with E-state index in [1.54, 1.807) is 0 Å². The number of morpholine rings is 1. The smallest absolute Gasteiger partial charge is 0.345 e. The molecule has 1 aromatic carbocycles. The molecule has 6 nitrogen and oxygen atoms in total. The molecular weight excluding hydrogens is 272 g/mol. The molecular formula is C15H16N2O4. The van der Waals surface area contributed by atoms with E-state index in [1.165, 1.54) is 7.11 Å². The van der Waals surface area contributed by atoms with Crippen molar-refractivity contribution in [1.29, 1.82) is 0 Å². The topological polar surface area (TPSA) is 64.8 Å². The number of esters is 1. The molecule has 3 rings (SSSR count). The normalized spacial score (nSPS) is 15.0. The zero-order valence-corrected chi connectivity index (χ0v) is 11.7. The summed E-state index contributed by atoms with van der Waals surface area (Å²) in [5.74, 6) is 0.000554. The van der Waals surface area contributed by atoms with Crippen LogP contribution in [0.25, 0.3) is 11.3 Å². The quantitative estimate of drug-likeness (QED) is 0.804. The Morgan fingerprint density at radius 3 is 2.62 bits per heavy atom. The predicted molar refractivity (Wildman–Crippen MR) is 76.3 cm³/mol. The minimum atomic E-state index is -0.448. The number of hydrogen-bond donors (Lipinski definition) is 0. The summed E-state index contributed by atoms with van der Waals surface area (Å²) in [6.45, 7) is 2.52. The molecule has 1 saturated heterocycles. The van der Waals surface area contributed by atoms with Crippen LogP contribution in [0.1, 0.15) is 10.4 Å². The second kappa shape index (κ2) is 5.97. The first-order chi connectivity index (χ1) is 10.3. The van der Waals surface area contributed by atoms with Crippen molar-refractivity contribution >= 4 is 11.9 Å². The van der Waals surface area contributed by atoms with E-state index in [9.17, 15) is 4.79 Å². The van der Waals surface area contributed by atoms with Crippen molar-refractivity contribution in [3.05, 3.63) is 35.9 Å². The zero-order valence-electron chi connectivity index (χ0n) is 11.7. The molecule has 1 fully saturated rings. The number of hydrogen-bond acceptors (Lipinski definition) is 6. The van der Waals surface area contributed by atoms with Crippen LogP contribution in [-0.2, 0) is 9.47 Å². The Kier molecular flexibility index (Phi) is 3.87. The third-order valence-corrected chi connectivity index (χ3v) is 3.41. The van der Waals surface area contributed by atoms with E-state index >= 15 is 0 Å². The van der Waals surface area contributed by atoms with Crippen LogP contribution in [0.5, 0.6) is 0 Å². The summed E-state index contributed by atoms with van der Waals surface area (Å²) in [5.41, 5.74) is 1.69. The maximum atomic E-state index is 12.2. The number of rotatable bonds is 3. The molecule has 0 bridgehead atoms. The third kappa shape index (κ3) is 2.62. The Morgan fingerprint density at radius 2 is 1.95 bits per heavy atom. The van der Waals surface area contributed by atoms with Gasteiger partial charge in [-0.3, -0.25) is 0 Å². The fourth-order valence-corrected chi connectivity index (χ4v) is 2.34. The molecule has 110 valence electrons. The number of ether oxygens (including phenoxy) is 2. The molecule has 2 aromatic rings. The molecule has 1 aliphatic rings.